The van der Waals surface area contributed by atoms with Crippen LogP contribution >= 0.6 is 35.0 Å². The third kappa shape index (κ3) is 4.92. The van der Waals surface area contributed by atoms with Gasteiger partial charge in [-0.05, 0) is 60.3 Å². The fraction of sp³-hybridized carbons (Fsp3) is 0.333. The van der Waals surface area contributed by atoms with E-state index >= 15 is 0 Å². The van der Waals surface area contributed by atoms with Crippen molar-refractivity contribution in [2.45, 2.75) is 36.1 Å². The molecule has 1 unspecified atom stereocenters. The summed E-state index contributed by atoms with van der Waals surface area (Å²) in [7, 11) is 0. The average Bonchev–Trinajstić information content (AvgIpc) is 3.68. The summed E-state index contributed by atoms with van der Waals surface area (Å²) in [6.45, 7) is 2.12. The molecule has 0 aromatic heterocycles. The number of benzene rings is 3. The van der Waals surface area contributed by atoms with Gasteiger partial charge in [0.15, 0.2) is 0 Å². The molecule has 0 radical (unpaired) electrons. The molecule has 1 amide bonds. The zero-order valence-electron chi connectivity index (χ0n) is 18.7. The molecule has 1 aliphatic heterocycles. The van der Waals surface area contributed by atoms with Gasteiger partial charge >= 0.3 is 0 Å². The Morgan fingerprint density at radius 3 is 2.74 bits per heavy atom. The molecule has 1 aliphatic carbocycles. The monoisotopic (exact) mass is 509 g/mol. The van der Waals surface area contributed by atoms with Gasteiger partial charge in [-0.25, -0.2) is 0 Å². The molecule has 34 heavy (non-hydrogen) atoms. The number of amides is 1. The van der Waals surface area contributed by atoms with Crippen molar-refractivity contribution in [3.63, 3.8) is 0 Å². The van der Waals surface area contributed by atoms with Gasteiger partial charge in [0.25, 0.3) is 5.91 Å². The molecule has 1 N–H and O–H groups in total. The molecule has 1 fully saturated rings. The Bertz CT molecular complexity index is 1280. The molecule has 174 valence electrons. The number of hydrogen-bond donors (Lipinski definition) is 1. The quantitative estimate of drug-likeness (QED) is 0.395. The van der Waals surface area contributed by atoms with Crippen LogP contribution in [0.1, 0.15) is 46.7 Å². The van der Waals surface area contributed by atoms with Gasteiger partial charge in [0.1, 0.15) is 6.07 Å². The van der Waals surface area contributed by atoms with Crippen LogP contribution in [0.5, 0.6) is 0 Å². The number of fused-ring (bicyclic) bond motifs is 3. The summed E-state index contributed by atoms with van der Waals surface area (Å²) in [4.78, 5) is 16.7. The van der Waals surface area contributed by atoms with Gasteiger partial charge in [-0.15, -0.1) is 11.8 Å². The minimum absolute atomic E-state index is 0.00601. The topological polar surface area (TPSA) is 56.1 Å². The van der Waals surface area contributed by atoms with Crippen LogP contribution in [-0.2, 0) is 0 Å². The lowest BCUT2D eigenvalue weighted by molar-refractivity contribution is 0.0755. The molecule has 0 saturated heterocycles. The number of nitrogens with one attached hydrogen (secondary N) is 1. The summed E-state index contributed by atoms with van der Waals surface area (Å²) in [6, 6.07) is 18.4. The first kappa shape index (κ1) is 23.5. The Kier molecular flexibility index (Phi) is 7.04. The highest BCUT2D eigenvalue weighted by molar-refractivity contribution is 7.99. The van der Waals surface area contributed by atoms with Crippen molar-refractivity contribution in [2.75, 3.05) is 25.4 Å². The van der Waals surface area contributed by atoms with Gasteiger partial charge in [0.2, 0.25) is 0 Å². The van der Waals surface area contributed by atoms with Crippen LogP contribution in [-0.4, -0.2) is 42.2 Å². The predicted molar refractivity (Wildman–Crippen MR) is 140 cm³/mol. The van der Waals surface area contributed by atoms with Crippen molar-refractivity contribution in [3.05, 3.63) is 75.3 Å². The maximum Gasteiger partial charge on any atom is 0.255 e. The maximum absolute atomic E-state index is 13.9. The van der Waals surface area contributed by atoms with Crippen molar-refractivity contribution in [2.24, 2.45) is 0 Å². The summed E-state index contributed by atoms with van der Waals surface area (Å²) < 4.78 is 0. The van der Waals surface area contributed by atoms with Gasteiger partial charge in [0, 0.05) is 35.7 Å². The Hall–Kier alpha value is -2.23. The van der Waals surface area contributed by atoms with E-state index in [9.17, 15) is 10.1 Å². The minimum Gasteiger partial charge on any atom is -0.337 e. The van der Waals surface area contributed by atoms with Crippen molar-refractivity contribution in [1.29, 1.82) is 5.26 Å². The normalized spacial score (nSPS) is 16.7. The third-order valence-electron chi connectivity index (χ3n) is 6.59. The molecule has 2 aliphatic rings. The van der Waals surface area contributed by atoms with Crippen LogP contribution in [0.15, 0.2) is 53.4 Å². The predicted octanol–water partition coefficient (Wildman–Crippen LogP) is 6.49. The highest BCUT2D eigenvalue weighted by Gasteiger charge is 2.30. The standard InChI is InChI=1S/C27H25Cl2N3OS/c28-23-8-5-17(14-24(23)29)19(9-10-31-21-6-7-21)16-32-11-12-34-26-20(15-30)13-18-3-1-2-4-22(18)25(26)27(32)33/h1-5,8,13-14,19,21,31H,6-7,9-12,16H2. The van der Waals surface area contributed by atoms with E-state index in [1.165, 1.54) is 12.8 Å². The van der Waals surface area contributed by atoms with Gasteiger partial charge in [-0.2, -0.15) is 5.26 Å². The number of nitriles is 1. The van der Waals surface area contributed by atoms with Gasteiger partial charge in [-0.1, -0.05) is 53.5 Å². The SMILES string of the molecule is N#Cc1cc2ccccc2c2c1SCCN(CC(CCNC1CC1)c1ccc(Cl)c(Cl)c1)C2=O. The number of halogens is 2. The smallest absolute Gasteiger partial charge is 0.255 e. The Balaban J connectivity index is 1.48. The van der Waals surface area contributed by atoms with Crippen LogP contribution in [0.2, 0.25) is 10.0 Å². The summed E-state index contributed by atoms with van der Waals surface area (Å²) in [5.74, 6) is 0.871. The first-order valence-electron chi connectivity index (χ1n) is 11.6. The third-order valence-corrected chi connectivity index (χ3v) is 8.43. The Morgan fingerprint density at radius 1 is 1.15 bits per heavy atom. The van der Waals surface area contributed by atoms with Gasteiger partial charge in [-0.3, -0.25) is 4.79 Å². The summed E-state index contributed by atoms with van der Waals surface area (Å²) >= 11 is 14.1. The summed E-state index contributed by atoms with van der Waals surface area (Å²) in [5.41, 5.74) is 2.32. The van der Waals surface area contributed by atoms with E-state index in [1.807, 2.05) is 53.4 Å². The number of thioether (sulfide) groups is 1. The van der Waals surface area contributed by atoms with Crippen molar-refractivity contribution in [3.8, 4) is 6.07 Å². The lowest BCUT2D eigenvalue weighted by atomic mass is 9.94. The van der Waals surface area contributed by atoms with Crippen LogP contribution in [0.25, 0.3) is 10.8 Å². The molecule has 1 saturated carbocycles. The number of hydrogen-bond acceptors (Lipinski definition) is 4. The molecule has 5 rings (SSSR count). The number of carbonyl (C=O) groups is 1. The number of rotatable bonds is 7. The van der Waals surface area contributed by atoms with Crippen LogP contribution in [0.4, 0.5) is 0 Å². The highest BCUT2D eigenvalue weighted by Crippen LogP contribution is 2.37. The molecular formula is C27H25Cl2N3OS. The minimum atomic E-state index is -0.00601. The fourth-order valence-corrected chi connectivity index (χ4v) is 6.03. The van der Waals surface area contributed by atoms with Crippen molar-refractivity contribution >= 4 is 51.6 Å². The second-order valence-electron chi connectivity index (χ2n) is 8.95. The molecule has 0 spiro atoms. The molecule has 0 bridgehead atoms. The van der Waals surface area contributed by atoms with Crippen LogP contribution < -0.4 is 5.32 Å². The summed E-state index contributed by atoms with van der Waals surface area (Å²) in [6.07, 6.45) is 3.38. The maximum atomic E-state index is 13.9. The molecule has 1 heterocycles. The second-order valence-corrected chi connectivity index (χ2v) is 10.9. The van der Waals surface area contributed by atoms with Gasteiger partial charge in [0.05, 0.1) is 21.2 Å². The molecule has 7 heteroatoms. The number of nitrogens with zero attached hydrogens (tertiary/aromatic N) is 2. The molecular weight excluding hydrogens is 485 g/mol. The second kappa shape index (κ2) is 10.2. The summed E-state index contributed by atoms with van der Waals surface area (Å²) in [5, 5.41) is 16.3. The number of carbonyl (C=O) groups excluding carboxylic acids is 1. The molecule has 1 atom stereocenters. The largest absolute Gasteiger partial charge is 0.337 e. The van der Waals surface area contributed by atoms with Gasteiger partial charge < -0.3 is 10.2 Å². The van der Waals surface area contributed by atoms with E-state index < -0.39 is 0 Å². The molecule has 4 nitrogen and oxygen atoms in total. The van der Waals surface area contributed by atoms with E-state index in [4.69, 9.17) is 23.2 Å². The molecule has 3 aromatic rings. The zero-order chi connectivity index (χ0) is 23.7. The van der Waals surface area contributed by atoms with E-state index in [-0.39, 0.29) is 11.8 Å². The van der Waals surface area contributed by atoms with E-state index in [0.29, 0.717) is 40.3 Å². The van der Waals surface area contributed by atoms with E-state index in [2.05, 4.69) is 11.4 Å². The zero-order valence-corrected chi connectivity index (χ0v) is 21.0. The molecule has 3 aromatic carbocycles. The first-order valence-corrected chi connectivity index (χ1v) is 13.4. The van der Waals surface area contributed by atoms with Crippen LogP contribution in [0, 0.1) is 11.3 Å². The average molecular weight is 510 g/mol. The lowest BCUT2D eigenvalue weighted by Crippen LogP contribution is -2.36. The fourth-order valence-electron chi connectivity index (χ4n) is 4.61. The van der Waals surface area contributed by atoms with Crippen molar-refractivity contribution in [1.82, 2.24) is 10.2 Å². The highest BCUT2D eigenvalue weighted by atomic mass is 35.5. The lowest BCUT2D eigenvalue weighted by Gasteiger charge is -2.28. The van der Waals surface area contributed by atoms with E-state index in [1.54, 1.807) is 11.8 Å². The first-order chi connectivity index (χ1) is 16.5. The Labute approximate surface area is 214 Å². The van der Waals surface area contributed by atoms with Crippen LogP contribution in [0.3, 0.4) is 0 Å². The Morgan fingerprint density at radius 2 is 1.97 bits per heavy atom. The van der Waals surface area contributed by atoms with Crippen molar-refractivity contribution < 1.29 is 4.79 Å². The van der Waals surface area contributed by atoms with E-state index in [0.717, 1.165) is 39.9 Å².